The van der Waals surface area contributed by atoms with Crippen molar-refractivity contribution in [2.75, 3.05) is 20.1 Å². The maximum atomic E-state index is 12.2. The van der Waals surface area contributed by atoms with Gasteiger partial charge in [0.2, 0.25) is 5.91 Å². The summed E-state index contributed by atoms with van der Waals surface area (Å²) in [6.45, 7) is 6.51. The van der Waals surface area contributed by atoms with Crippen molar-refractivity contribution in [3.05, 3.63) is 29.6 Å². The number of hydrogen-bond acceptors (Lipinski definition) is 3. The zero-order valence-electron chi connectivity index (χ0n) is 15.3. The molecule has 2 heterocycles. The van der Waals surface area contributed by atoms with Crippen LogP contribution < -0.4 is 5.32 Å². The molecule has 2 aliphatic rings. The Morgan fingerprint density at radius 1 is 1.33 bits per heavy atom. The molecule has 0 radical (unpaired) electrons. The third-order valence-electron chi connectivity index (χ3n) is 5.89. The summed E-state index contributed by atoms with van der Waals surface area (Å²) in [5.74, 6) is 1.92. The van der Waals surface area contributed by atoms with E-state index in [1.54, 1.807) is 0 Å². The normalized spacial score (nSPS) is 30.8. The Labute approximate surface area is 145 Å². The van der Waals surface area contributed by atoms with Crippen LogP contribution in [0.4, 0.5) is 0 Å². The Balaban J connectivity index is 1.62. The highest BCUT2D eigenvalue weighted by Gasteiger charge is 2.38. The van der Waals surface area contributed by atoms with Gasteiger partial charge in [0, 0.05) is 51.3 Å². The summed E-state index contributed by atoms with van der Waals surface area (Å²) in [5.41, 5.74) is 2.66. The fourth-order valence-electron chi connectivity index (χ4n) is 4.39. The highest BCUT2D eigenvalue weighted by molar-refractivity contribution is 5.79. The molecule has 1 aromatic heterocycles. The minimum absolute atomic E-state index is 0.138. The zero-order valence-corrected chi connectivity index (χ0v) is 15.3. The number of nitrogens with one attached hydrogen (secondary N) is 1. The van der Waals surface area contributed by atoms with E-state index in [1.807, 2.05) is 36.1 Å². The fourth-order valence-corrected chi connectivity index (χ4v) is 4.39. The number of carbonyl (C=O) groups excluding carboxylic acids is 1. The van der Waals surface area contributed by atoms with E-state index in [1.165, 1.54) is 18.4 Å². The Morgan fingerprint density at radius 3 is 2.79 bits per heavy atom. The standard InChI is InChI=1S/C19H30N4O/c1-13-6-5-7-14(2)17(13)11-20-9-15-8-18(24)23(4)19(15)16-10-21-22(3)12-16/h6,10,12,14-15,17,19-20H,5,7-9,11H2,1-4H3/t14-,15+,17+,19-/m1/s1. The van der Waals surface area contributed by atoms with E-state index in [2.05, 4.69) is 30.3 Å². The van der Waals surface area contributed by atoms with Gasteiger partial charge in [-0.3, -0.25) is 9.48 Å². The second kappa shape index (κ2) is 7.09. The first-order valence-electron chi connectivity index (χ1n) is 9.09. The van der Waals surface area contributed by atoms with Gasteiger partial charge >= 0.3 is 0 Å². The lowest BCUT2D eigenvalue weighted by Crippen LogP contribution is -2.34. The van der Waals surface area contributed by atoms with E-state index in [4.69, 9.17) is 0 Å². The van der Waals surface area contributed by atoms with E-state index in [9.17, 15) is 4.79 Å². The fraction of sp³-hybridized carbons (Fsp3) is 0.684. The van der Waals surface area contributed by atoms with Crippen LogP contribution in [0.1, 0.15) is 44.7 Å². The molecule has 1 N–H and O–H groups in total. The van der Waals surface area contributed by atoms with E-state index in [-0.39, 0.29) is 11.9 Å². The first kappa shape index (κ1) is 17.2. The topological polar surface area (TPSA) is 50.2 Å². The second-order valence-corrected chi connectivity index (χ2v) is 7.63. The molecule has 1 fully saturated rings. The van der Waals surface area contributed by atoms with Crippen LogP contribution in [0.5, 0.6) is 0 Å². The highest BCUT2D eigenvalue weighted by atomic mass is 16.2. The first-order chi connectivity index (χ1) is 11.5. The smallest absolute Gasteiger partial charge is 0.223 e. The molecule has 5 nitrogen and oxygen atoms in total. The minimum Gasteiger partial charge on any atom is -0.338 e. The summed E-state index contributed by atoms with van der Waals surface area (Å²) in [5, 5.41) is 7.94. The largest absolute Gasteiger partial charge is 0.338 e. The molecule has 0 unspecified atom stereocenters. The van der Waals surface area contributed by atoms with Gasteiger partial charge in [0.15, 0.2) is 0 Å². The number of allylic oxidation sites excluding steroid dienone is 1. The maximum Gasteiger partial charge on any atom is 0.223 e. The molecular formula is C19H30N4O. The van der Waals surface area contributed by atoms with E-state index in [0.29, 0.717) is 18.3 Å². The summed E-state index contributed by atoms with van der Waals surface area (Å²) < 4.78 is 1.81. The number of rotatable bonds is 5. The number of hydrogen-bond donors (Lipinski definition) is 1. The Morgan fingerprint density at radius 2 is 2.12 bits per heavy atom. The van der Waals surface area contributed by atoms with Crippen LogP contribution >= 0.6 is 0 Å². The molecular weight excluding hydrogens is 300 g/mol. The van der Waals surface area contributed by atoms with Gasteiger partial charge in [-0.15, -0.1) is 0 Å². The van der Waals surface area contributed by atoms with Crippen molar-refractivity contribution in [2.45, 2.75) is 39.2 Å². The SMILES string of the molecule is CC1=CCC[C@@H](C)[C@H]1CNC[C@@H]1CC(=O)N(C)[C@H]1c1cnn(C)c1. The molecule has 1 aliphatic heterocycles. The summed E-state index contributed by atoms with van der Waals surface area (Å²) >= 11 is 0. The maximum absolute atomic E-state index is 12.2. The summed E-state index contributed by atoms with van der Waals surface area (Å²) in [6, 6.07) is 0.138. The van der Waals surface area contributed by atoms with Crippen molar-refractivity contribution in [3.8, 4) is 0 Å². The van der Waals surface area contributed by atoms with Crippen LogP contribution in [-0.4, -0.2) is 40.7 Å². The molecule has 0 spiro atoms. The van der Waals surface area contributed by atoms with Crippen LogP contribution in [0.3, 0.4) is 0 Å². The van der Waals surface area contributed by atoms with E-state index in [0.717, 1.165) is 24.6 Å². The van der Waals surface area contributed by atoms with Crippen LogP contribution in [0.25, 0.3) is 0 Å². The molecule has 3 rings (SSSR count). The van der Waals surface area contributed by atoms with E-state index < -0.39 is 0 Å². The number of nitrogens with zero attached hydrogens (tertiary/aromatic N) is 3. The zero-order chi connectivity index (χ0) is 17.3. The summed E-state index contributed by atoms with van der Waals surface area (Å²) in [4.78, 5) is 14.1. The molecule has 24 heavy (non-hydrogen) atoms. The third kappa shape index (κ3) is 3.41. The second-order valence-electron chi connectivity index (χ2n) is 7.63. The van der Waals surface area contributed by atoms with Crippen LogP contribution in [0.15, 0.2) is 24.0 Å². The molecule has 0 bridgehead atoms. The van der Waals surface area contributed by atoms with Crippen LogP contribution in [0.2, 0.25) is 0 Å². The molecule has 0 saturated carbocycles. The average molecular weight is 330 g/mol. The van der Waals surface area contributed by atoms with E-state index >= 15 is 0 Å². The monoisotopic (exact) mass is 330 g/mol. The lowest BCUT2D eigenvalue weighted by molar-refractivity contribution is -0.127. The van der Waals surface area contributed by atoms with Gasteiger partial charge in [-0.1, -0.05) is 18.6 Å². The van der Waals surface area contributed by atoms with Gasteiger partial charge in [-0.2, -0.15) is 5.10 Å². The lowest BCUT2D eigenvalue weighted by atomic mass is 9.80. The van der Waals surface area contributed by atoms with Crippen molar-refractivity contribution in [1.82, 2.24) is 20.0 Å². The number of aromatic nitrogens is 2. The van der Waals surface area contributed by atoms with Crippen molar-refractivity contribution >= 4 is 5.91 Å². The number of carbonyl (C=O) groups is 1. The third-order valence-corrected chi connectivity index (χ3v) is 5.89. The first-order valence-corrected chi connectivity index (χ1v) is 9.09. The summed E-state index contributed by atoms with van der Waals surface area (Å²) in [6.07, 6.45) is 9.43. The van der Waals surface area contributed by atoms with Crippen LogP contribution in [0, 0.1) is 17.8 Å². The quantitative estimate of drug-likeness (QED) is 0.844. The number of aryl methyl sites for hydroxylation is 1. The van der Waals surface area contributed by atoms with Crippen molar-refractivity contribution in [1.29, 1.82) is 0 Å². The summed E-state index contributed by atoms with van der Waals surface area (Å²) in [7, 11) is 3.84. The molecule has 1 aromatic rings. The highest BCUT2D eigenvalue weighted by Crippen LogP contribution is 2.36. The molecule has 0 aromatic carbocycles. The van der Waals surface area contributed by atoms with Gasteiger partial charge in [0.25, 0.3) is 0 Å². The number of amides is 1. The molecule has 132 valence electrons. The number of likely N-dealkylation sites (tertiary alicyclic amines) is 1. The Bertz CT molecular complexity index is 621. The molecule has 4 atom stereocenters. The molecule has 1 saturated heterocycles. The van der Waals surface area contributed by atoms with Crippen molar-refractivity contribution in [2.24, 2.45) is 24.8 Å². The van der Waals surface area contributed by atoms with Crippen LogP contribution in [-0.2, 0) is 11.8 Å². The van der Waals surface area contributed by atoms with Gasteiger partial charge in [0.05, 0.1) is 12.2 Å². The molecule has 1 aliphatic carbocycles. The minimum atomic E-state index is 0.138. The van der Waals surface area contributed by atoms with Gasteiger partial charge < -0.3 is 10.2 Å². The predicted molar refractivity (Wildman–Crippen MR) is 95.3 cm³/mol. The van der Waals surface area contributed by atoms with Gasteiger partial charge in [-0.25, -0.2) is 0 Å². The Kier molecular flexibility index (Phi) is 5.09. The Hall–Kier alpha value is -1.62. The molecule has 1 amide bonds. The van der Waals surface area contributed by atoms with Gasteiger partial charge in [0.1, 0.15) is 0 Å². The lowest BCUT2D eigenvalue weighted by Gasteiger charge is -2.30. The average Bonchev–Trinajstić information content (AvgIpc) is 3.06. The van der Waals surface area contributed by atoms with Crippen molar-refractivity contribution in [3.63, 3.8) is 0 Å². The predicted octanol–water partition coefficient (Wildman–Crippen LogP) is 2.52. The molecule has 5 heteroatoms. The van der Waals surface area contributed by atoms with Crippen molar-refractivity contribution < 1.29 is 4.79 Å². The van der Waals surface area contributed by atoms with Gasteiger partial charge in [-0.05, 0) is 31.6 Å².